The first-order valence-electron chi connectivity index (χ1n) is 7.52. The molecule has 1 atom stereocenters. The maximum Gasteiger partial charge on any atom is 0.0436 e. The van der Waals surface area contributed by atoms with E-state index in [1.54, 1.807) is 0 Å². The van der Waals surface area contributed by atoms with Crippen molar-refractivity contribution in [3.05, 3.63) is 34.4 Å². The molecule has 0 radical (unpaired) electrons. The van der Waals surface area contributed by atoms with Crippen LogP contribution in [0.3, 0.4) is 0 Å². The lowest BCUT2D eigenvalue weighted by Crippen LogP contribution is -2.31. The topological polar surface area (TPSA) is 32.3 Å². The zero-order chi connectivity index (χ0) is 13.8. The third-order valence-electron chi connectivity index (χ3n) is 4.67. The number of hydrogen-bond acceptors (Lipinski definition) is 2. The molecule has 1 saturated heterocycles. The Bertz CT molecular complexity index is 422. The van der Waals surface area contributed by atoms with E-state index in [1.165, 1.54) is 35.1 Å². The second kappa shape index (κ2) is 6.53. The van der Waals surface area contributed by atoms with Gasteiger partial charge in [0.25, 0.3) is 0 Å². The molecule has 2 N–H and O–H groups in total. The van der Waals surface area contributed by atoms with Crippen molar-refractivity contribution in [2.75, 3.05) is 19.7 Å². The van der Waals surface area contributed by atoms with E-state index in [-0.39, 0.29) is 0 Å². The minimum atomic E-state index is 0.293. The summed E-state index contributed by atoms with van der Waals surface area (Å²) in [6.07, 6.45) is 3.36. The van der Waals surface area contributed by atoms with Crippen LogP contribution in [0, 0.1) is 26.7 Å². The second-order valence-corrected chi connectivity index (χ2v) is 6.00. The van der Waals surface area contributed by atoms with Crippen LogP contribution in [-0.2, 0) is 0 Å². The van der Waals surface area contributed by atoms with Crippen LogP contribution in [-0.4, -0.2) is 24.8 Å². The standard InChI is InChI=1S/C17H27NO/c1-12-10-14(3)17(11-13(12)2)16(6-9-19)15-4-7-18-8-5-15/h10-11,15-16,18-19H,4-9H2,1-3H3. The van der Waals surface area contributed by atoms with Crippen LogP contribution in [0.1, 0.15) is 47.4 Å². The third kappa shape index (κ3) is 3.37. The molecule has 0 aromatic heterocycles. The van der Waals surface area contributed by atoms with Gasteiger partial charge in [-0.1, -0.05) is 12.1 Å². The van der Waals surface area contributed by atoms with Crippen LogP contribution in [0.2, 0.25) is 0 Å². The quantitative estimate of drug-likeness (QED) is 0.873. The lowest BCUT2D eigenvalue weighted by Gasteiger charge is -2.32. The van der Waals surface area contributed by atoms with Gasteiger partial charge < -0.3 is 10.4 Å². The van der Waals surface area contributed by atoms with Gasteiger partial charge in [-0.25, -0.2) is 0 Å². The van der Waals surface area contributed by atoms with Crippen molar-refractivity contribution in [2.45, 2.75) is 46.0 Å². The fraction of sp³-hybridized carbons (Fsp3) is 0.647. The second-order valence-electron chi connectivity index (χ2n) is 6.00. The molecule has 106 valence electrons. The molecule has 1 aromatic carbocycles. The SMILES string of the molecule is Cc1cc(C)c(C(CCO)C2CCNCC2)cc1C. The first kappa shape index (κ1) is 14.5. The average Bonchev–Trinajstić information content (AvgIpc) is 2.42. The van der Waals surface area contributed by atoms with Crippen LogP contribution in [0.25, 0.3) is 0 Å². The lowest BCUT2D eigenvalue weighted by molar-refractivity contribution is 0.233. The number of aliphatic hydroxyl groups is 1. The Balaban J connectivity index is 2.29. The highest BCUT2D eigenvalue weighted by Crippen LogP contribution is 2.36. The van der Waals surface area contributed by atoms with Gasteiger partial charge in [0.05, 0.1) is 0 Å². The summed E-state index contributed by atoms with van der Waals surface area (Å²) in [5.74, 6) is 1.24. The molecule has 0 aliphatic carbocycles. The molecule has 1 aliphatic heterocycles. The Morgan fingerprint density at radius 3 is 2.37 bits per heavy atom. The number of aliphatic hydroxyl groups excluding tert-OH is 1. The fourth-order valence-electron chi connectivity index (χ4n) is 3.41. The molecule has 1 fully saturated rings. The first-order valence-corrected chi connectivity index (χ1v) is 7.52. The number of hydrogen-bond donors (Lipinski definition) is 2. The summed E-state index contributed by atoms with van der Waals surface area (Å²) in [5, 5.41) is 12.9. The van der Waals surface area contributed by atoms with Gasteiger partial charge >= 0.3 is 0 Å². The summed E-state index contributed by atoms with van der Waals surface area (Å²) in [6, 6.07) is 4.66. The van der Waals surface area contributed by atoms with Crippen molar-refractivity contribution >= 4 is 0 Å². The molecule has 2 nitrogen and oxygen atoms in total. The summed E-state index contributed by atoms with van der Waals surface area (Å²) in [7, 11) is 0. The maximum absolute atomic E-state index is 9.43. The number of aryl methyl sites for hydroxylation is 3. The van der Waals surface area contributed by atoms with E-state index >= 15 is 0 Å². The fourth-order valence-corrected chi connectivity index (χ4v) is 3.41. The highest BCUT2D eigenvalue weighted by molar-refractivity contribution is 5.38. The van der Waals surface area contributed by atoms with Gasteiger partial charge in [-0.05, 0) is 87.2 Å². The van der Waals surface area contributed by atoms with E-state index in [9.17, 15) is 5.11 Å². The van der Waals surface area contributed by atoms with Crippen molar-refractivity contribution < 1.29 is 5.11 Å². The molecule has 1 heterocycles. The minimum Gasteiger partial charge on any atom is -0.396 e. The molecular formula is C17H27NO. The number of piperidine rings is 1. The van der Waals surface area contributed by atoms with Gasteiger partial charge in [0.15, 0.2) is 0 Å². The molecule has 0 bridgehead atoms. The highest BCUT2D eigenvalue weighted by Gasteiger charge is 2.25. The molecule has 19 heavy (non-hydrogen) atoms. The lowest BCUT2D eigenvalue weighted by atomic mass is 9.76. The molecule has 0 amide bonds. The summed E-state index contributed by atoms with van der Waals surface area (Å²) < 4.78 is 0. The predicted octanol–water partition coefficient (Wildman–Crippen LogP) is 3.08. The van der Waals surface area contributed by atoms with Gasteiger partial charge in [0.1, 0.15) is 0 Å². The zero-order valence-corrected chi connectivity index (χ0v) is 12.5. The Hall–Kier alpha value is -0.860. The molecular weight excluding hydrogens is 234 g/mol. The van der Waals surface area contributed by atoms with E-state index in [0.29, 0.717) is 18.4 Å². The van der Waals surface area contributed by atoms with Gasteiger partial charge in [-0.3, -0.25) is 0 Å². The Kier molecular flexibility index (Phi) is 5.00. The van der Waals surface area contributed by atoms with Crippen LogP contribution in [0.15, 0.2) is 12.1 Å². The van der Waals surface area contributed by atoms with Gasteiger partial charge in [0.2, 0.25) is 0 Å². The zero-order valence-electron chi connectivity index (χ0n) is 12.5. The first-order chi connectivity index (χ1) is 9.13. The van der Waals surface area contributed by atoms with Crippen LogP contribution < -0.4 is 5.32 Å². The predicted molar refractivity (Wildman–Crippen MR) is 80.7 cm³/mol. The molecule has 1 aliphatic rings. The highest BCUT2D eigenvalue weighted by atomic mass is 16.3. The molecule has 2 rings (SSSR count). The van der Waals surface area contributed by atoms with Crippen molar-refractivity contribution in [3.63, 3.8) is 0 Å². The molecule has 0 saturated carbocycles. The Labute approximate surface area is 117 Å². The van der Waals surface area contributed by atoms with Crippen molar-refractivity contribution in [1.82, 2.24) is 5.32 Å². The monoisotopic (exact) mass is 261 g/mol. The number of rotatable bonds is 4. The third-order valence-corrected chi connectivity index (χ3v) is 4.67. The molecule has 1 aromatic rings. The van der Waals surface area contributed by atoms with E-state index in [4.69, 9.17) is 0 Å². The van der Waals surface area contributed by atoms with E-state index in [0.717, 1.165) is 19.5 Å². The van der Waals surface area contributed by atoms with Gasteiger partial charge in [0, 0.05) is 6.61 Å². The van der Waals surface area contributed by atoms with E-state index < -0.39 is 0 Å². The Morgan fingerprint density at radius 1 is 1.11 bits per heavy atom. The average molecular weight is 261 g/mol. The molecule has 2 heteroatoms. The number of nitrogens with one attached hydrogen (secondary N) is 1. The van der Waals surface area contributed by atoms with Crippen LogP contribution in [0.5, 0.6) is 0 Å². The molecule has 0 spiro atoms. The van der Waals surface area contributed by atoms with Crippen molar-refractivity contribution in [1.29, 1.82) is 0 Å². The largest absolute Gasteiger partial charge is 0.396 e. The van der Waals surface area contributed by atoms with Crippen molar-refractivity contribution in [3.8, 4) is 0 Å². The Morgan fingerprint density at radius 2 is 1.74 bits per heavy atom. The van der Waals surface area contributed by atoms with Crippen LogP contribution >= 0.6 is 0 Å². The smallest absolute Gasteiger partial charge is 0.0436 e. The van der Waals surface area contributed by atoms with Gasteiger partial charge in [-0.2, -0.15) is 0 Å². The summed E-state index contributed by atoms with van der Waals surface area (Å²) in [6.45, 7) is 9.12. The summed E-state index contributed by atoms with van der Waals surface area (Å²) in [5.41, 5.74) is 5.59. The van der Waals surface area contributed by atoms with Crippen molar-refractivity contribution in [2.24, 2.45) is 5.92 Å². The maximum atomic E-state index is 9.43. The normalized spacial score (nSPS) is 18.5. The van der Waals surface area contributed by atoms with Crippen LogP contribution in [0.4, 0.5) is 0 Å². The summed E-state index contributed by atoms with van der Waals surface area (Å²) in [4.78, 5) is 0. The number of benzene rings is 1. The molecule has 1 unspecified atom stereocenters. The van der Waals surface area contributed by atoms with Gasteiger partial charge in [-0.15, -0.1) is 0 Å². The minimum absolute atomic E-state index is 0.293. The van der Waals surface area contributed by atoms with E-state index in [1.807, 2.05) is 0 Å². The van der Waals surface area contributed by atoms with E-state index in [2.05, 4.69) is 38.2 Å². The summed E-state index contributed by atoms with van der Waals surface area (Å²) >= 11 is 0.